The summed E-state index contributed by atoms with van der Waals surface area (Å²) in [6, 6.07) is 5.57. The van der Waals surface area contributed by atoms with Gasteiger partial charge in [0.15, 0.2) is 11.5 Å². The highest BCUT2D eigenvalue weighted by molar-refractivity contribution is 7.99. The predicted molar refractivity (Wildman–Crippen MR) is 81.0 cm³/mol. The average Bonchev–Trinajstić information content (AvgIpc) is 2.44. The van der Waals surface area contributed by atoms with Crippen molar-refractivity contribution in [3.63, 3.8) is 0 Å². The molecule has 0 unspecified atom stereocenters. The number of hydrogen-bond acceptors (Lipinski definition) is 4. The normalized spacial score (nSPS) is 16.5. The van der Waals surface area contributed by atoms with Gasteiger partial charge in [-0.2, -0.15) is 11.8 Å². The first-order chi connectivity index (χ1) is 9.29. The van der Waals surface area contributed by atoms with Crippen LogP contribution in [0.1, 0.15) is 25.3 Å². The molecule has 1 aromatic carbocycles. The molecule has 19 heavy (non-hydrogen) atoms. The molecule has 2 N–H and O–H groups in total. The second kappa shape index (κ2) is 7.65. The minimum atomic E-state index is 0.218. The zero-order valence-electron chi connectivity index (χ0n) is 11.5. The number of aromatic hydroxyl groups is 1. The molecule has 0 aliphatic carbocycles. The molecule has 1 aliphatic heterocycles. The van der Waals surface area contributed by atoms with Crippen molar-refractivity contribution in [3.05, 3.63) is 23.8 Å². The van der Waals surface area contributed by atoms with E-state index in [2.05, 4.69) is 17.1 Å². The summed E-state index contributed by atoms with van der Waals surface area (Å²) in [5, 5.41) is 13.2. The minimum Gasteiger partial charge on any atom is -0.504 e. The summed E-state index contributed by atoms with van der Waals surface area (Å²) in [5.74, 6) is 4.23. The lowest BCUT2D eigenvalue weighted by Gasteiger charge is -2.21. The molecule has 0 aromatic heterocycles. The third kappa shape index (κ3) is 4.62. The number of phenolic OH excluding ortho intramolecular Hbond substituents is 1. The standard InChI is InChI=1S/C15H23NO2S/c1-2-18-15-9-13(3-4-14(15)17)11-16-10-12-5-7-19-8-6-12/h3-4,9,12,16-17H,2,5-8,10-11H2,1H3. The average molecular weight is 281 g/mol. The number of rotatable bonds is 6. The Kier molecular flexibility index (Phi) is 5.86. The highest BCUT2D eigenvalue weighted by Crippen LogP contribution is 2.27. The minimum absolute atomic E-state index is 0.218. The van der Waals surface area contributed by atoms with Gasteiger partial charge in [0.05, 0.1) is 6.61 Å². The van der Waals surface area contributed by atoms with Gasteiger partial charge in [0.1, 0.15) is 0 Å². The van der Waals surface area contributed by atoms with E-state index in [0.29, 0.717) is 12.4 Å². The Morgan fingerprint density at radius 3 is 2.89 bits per heavy atom. The van der Waals surface area contributed by atoms with E-state index in [1.807, 2.05) is 19.1 Å². The largest absolute Gasteiger partial charge is 0.504 e. The maximum atomic E-state index is 9.65. The molecule has 1 fully saturated rings. The molecular weight excluding hydrogens is 258 g/mol. The summed E-state index contributed by atoms with van der Waals surface area (Å²) in [5.41, 5.74) is 1.16. The van der Waals surface area contributed by atoms with Gasteiger partial charge in [-0.1, -0.05) is 6.07 Å². The van der Waals surface area contributed by atoms with Gasteiger partial charge in [-0.3, -0.25) is 0 Å². The molecule has 0 spiro atoms. The molecule has 0 amide bonds. The van der Waals surface area contributed by atoms with Gasteiger partial charge in [0.2, 0.25) is 0 Å². The number of hydrogen-bond donors (Lipinski definition) is 2. The van der Waals surface area contributed by atoms with Crippen molar-refractivity contribution in [2.24, 2.45) is 5.92 Å². The van der Waals surface area contributed by atoms with Gasteiger partial charge in [0, 0.05) is 6.54 Å². The first kappa shape index (κ1) is 14.5. The van der Waals surface area contributed by atoms with Gasteiger partial charge >= 0.3 is 0 Å². The fourth-order valence-corrected chi connectivity index (χ4v) is 3.51. The molecule has 106 valence electrons. The van der Waals surface area contributed by atoms with Crippen molar-refractivity contribution in [1.82, 2.24) is 5.32 Å². The SMILES string of the molecule is CCOc1cc(CNCC2CCSCC2)ccc1O. The van der Waals surface area contributed by atoms with E-state index in [-0.39, 0.29) is 5.75 Å². The number of benzene rings is 1. The first-order valence-electron chi connectivity index (χ1n) is 7.02. The summed E-state index contributed by atoms with van der Waals surface area (Å²) in [6.07, 6.45) is 2.66. The number of ether oxygens (including phenoxy) is 1. The molecule has 3 nitrogen and oxygen atoms in total. The van der Waals surface area contributed by atoms with E-state index in [9.17, 15) is 5.11 Å². The van der Waals surface area contributed by atoms with Crippen LogP contribution in [-0.4, -0.2) is 29.8 Å². The van der Waals surface area contributed by atoms with E-state index in [1.165, 1.54) is 24.3 Å². The van der Waals surface area contributed by atoms with Crippen LogP contribution in [0.5, 0.6) is 11.5 Å². The van der Waals surface area contributed by atoms with E-state index >= 15 is 0 Å². The van der Waals surface area contributed by atoms with Gasteiger partial charge < -0.3 is 15.2 Å². The van der Waals surface area contributed by atoms with Crippen molar-refractivity contribution in [2.75, 3.05) is 24.7 Å². The molecule has 2 rings (SSSR count). The van der Waals surface area contributed by atoms with Crippen LogP contribution in [0.2, 0.25) is 0 Å². The Labute approximate surface area is 119 Å². The molecule has 0 bridgehead atoms. The zero-order chi connectivity index (χ0) is 13.5. The molecule has 1 aliphatic rings. The van der Waals surface area contributed by atoms with Crippen molar-refractivity contribution < 1.29 is 9.84 Å². The van der Waals surface area contributed by atoms with Crippen molar-refractivity contribution >= 4 is 11.8 Å². The van der Waals surface area contributed by atoms with E-state index in [0.717, 1.165) is 24.6 Å². The van der Waals surface area contributed by atoms with Crippen molar-refractivity contribution in [1.29, 1.82) is 0 Å². The monoisotopic (exact) mass is 281 g/mol. The van der Waals surface area contributed by atoms with Crippen LogP contribution >= 0.6 is 11.8 Å². The van der Waals surface area contributed by atoms with Gasteiger partial charge in [-0.05, 0) is 61.4 Å². The second-order valence-corrected chi connectivity index (χ2v) is 6.15. The Bertz CT molecular complexity index is 392. The molecule has 1 heterocycles. The summed E-state index contributed by atoms with van der Waals surface area (Å²) >= 11 is 2.07. The smallest absolute Gasteiger partial charge is 0.161 e. The summed E-state index contributed by atoms with van der Waals surface area (Å²) < 4.78 is 5.39. The number of thioether (sulfide) groups is 1. The predicted octanol–water partition coefficient (Wildman–Crippen LogP) is 3.02. The van der Waals surface area contributed by atoms with Gasteiger partial charge in [-0.15, -0.1) is 0 Å². The van der Waals surface area contributed by atoms with Gasteiger partial charge in [-0.25, -0.2) is 0 Å². The highest BCUT2D eigenvalue weighted by Gasteiger charge is 2.13. The van der Waals surface area contributed by atoms with Gasteiger partial charge in [0.25, 0.3) is 0 Å². The molecular formula is C15H23NO2S. The lowest BCUT2D eigenvalue weighted by atomic mass is 10.0. The Balaban J connectivity index is 1.80. The Morgan fingerprint density at radius 2 is 2.16 bits per heavy atom. The van der Waals surface area contributed by atoms with E-state index in [4.69, 9.17) is 4.74 Å². The van der Waals surface area contributed by atoms with Crippen LogP contribution in [0, 0.1) is 5.92 Å². The van der Waals surface area contributed by atoms with Crippen LogP contribution in [0.15, 0.2) is 18.2 Å². The highest BCUT2D eigenvalue weighted by atomic mass is 32.2. The molecule has 0 atom stereocenters. The summed E-state index contributed by atoms with van der Waals surface area (Å²) in [6.45, 7) is 4.42. The quantitative estimate of drug-likeness (QED) is 0.841. The topological polar surface area (TPSA) is 41.5 Å². The van der Waals surface area contributed by atoms with Crippen LogP contribution in [0.3, 0.4) is 0 Å². The Hall–Kier alpha value is -0.870. The molecule has 0 saturated carbocycles. The van der Waals surface area contributed by atoms with E-state index in [1.54, 1.807) is 6.07 Å². The third-order valence-electron chi connectivity index (χ3n) is 3.43. The zero-order valence-corrected chi connectivity index (χ0v) is 12.3. The number of nitrogens with one attached hydrogen (secondary N) is 1. The number of phenols is 1. The van der Waals surface area contributed by atoms with Crippen molar-refractivity contribution in [2.45, 2.75) is 26.3 Å². The molecule has 0 radical (unpaired) electrons. The van der Waals surface area contributed by atoms with Crippen LogP contribution in [0.25, 0.3) is 0 Å². The Morgan fingerprint density at radius 1 is 1.37 bits per heavy atom. The van der Waals surface area contributed by atoms with E-state index < -0.39 is 0 Å². The third-order valence-corrected chi connectivity index (χ3v) is 4.48. The van der Waals surface area contributed by atoms with Crippen LogP contribution < -0.4 is 10.1 Å². The maximum Gasteiger partial charge on any atom is 0.161 e. The van der Waals surface area contributed by atoms with Crippen molar-refractivity contribution in [3.8, 4) is 11.5 Å². The summed E-state index contributed by atoms with van der Waals surface area (Å²) in [4.78, 5) is 0. The van der Waals surface area contributed by atoms with Crippen LogP contribution in [-0.2, 0) is 6.54 Å². The molecule has 1 saturated heterocycles. The lowest BCUT2D eigenvalue weighted by Crippen LogP contribution is -2.25. The molecule has 1 aromatic rings. The second-order valence-electron chi connectivity index (χ2n) is 4.92. The van der Waals surface area contributed by atoms with Crippen LogP contribution in [0.4, 0.5) is 0 Å². The maximum absolute atomic E-state index is 9.65. The lowest BCUT2D eigenvalue weighted by molar-refractivity contribution is 0.317. The summed E-state index contributed by atoms with van der Waals surface area (Å²) in [7, 11) is 0. The fourth-order valence-electron chi connectivity index (χ4n) is 2.31. The fraction of sp³-hybridized carbons (Fsp3) is 0.600. The first-order valence-corrected chi connectivity index (χ1v) is 8.18. The molecule has 4 heteroatoms.